The van der Waals surface area contributed by atoms with Crippen LogP contribution in [0.3, 0.4) is 0 Å². The first kappa shape index (κ1) is 14.4. The van der Waals surface area contributed by atoms with Crippen LogP contribution in [0.15, 0.2) is 18.2 Å². The molecule has 3 atom stereocenters. The molecule has 1 saturated heterocycles. The van der Waals surface area contributed by atoms with Crippen LogP contribution in [0.1, 0.15) is 43.7 Å². The van der Waals surface area contributed by atoms with Crippen molar-refractivity contribution in [2.24, 2.45) is 0 Å². The second-order valence-electron chi connectivity index (χ2n) is 6.15. The predicted octanol–water partition coefficient (Wildman–Crippen LogP) is 2.68. The molecule has 3 unspecified atom stereocenters. The fourth-order valence-corrected chi connectivity index (χ4v) is 3.77. The lowest BCUT2D eigenvalue weighted by molar-refractivity contribution is -0.281. The Hall–Kier alpha value is -1.57. The number of fused-ring (bicyclic) bond motifs is 3. The number of aryl methyl sites for hydroxylation is 1. The molecule has 1 aromatic carbocycles. The van der Waals surface area contributed by atoms with Crippen molar-refractivity contribution in [2.75, 3.05) is 7.11 Å². The molecular formula is C17H21NO3. The van der Waals surface area contributed by atoms with Crippen molar-refractivity contribution in [1.82, 2.24) is 0 Å². The molecule has 0 amide bonds. The maximum absolute atomic E-state index is 11.1. The minimum atomic E-state index is -1.39. The molecule has 0 aromatic heterocycles. The highest BCUT2D eigenvalue weighted by atomic mass is 16.6. The summed E-state index contributed by atoms with van der Waals surface area (Å²) in [5.74, 6) is -0.600. The second-order valence-corrected chi connectivity index (χ2v) is 6.15. The van der Waals surface area contributed by atoms with Crippen molar-refractivity contribution in [2.45, 2.75) is 56.3 Å². The summed E-state index contributed by atoms with van der Waals surface area (Å²) in [4.78, 5) is 0. The summed E-state index contributed by atoms with van der Waals surface area (Å²) in [5.41, 5.74) is 1.01. The Balaban J connectivity index is 2.18. The average molecular weight is 287 g/mol. The molecule has 3 rings (SSSR count). The molecule has 1 fully saturated rings. The van der Waals surface area contributed by atoms with Gasteiger partial charge in [-0.05, 0) is 55.9 Å². The Morgan fingerprint density at radius 1 is 1.43 bits per heavy atom. The molecule has 0 radical (unpaired) electrons. The van der Waals surface area contributed by atoms with Gasteiger partial charge in [0.2, 0.25) is 0 Å². The number of nitriles is 1. The quantitative estimate of drug-likeness (QED) is 0.862. The van der Waals surface area contributed by atoms with Gasteiger partial charge in [-0.3, -0.25) is 0 Å². The van der Waals surface area contributed by atoms with Crippen LogP contribution >= 0.6 is 0 Å². The van der Waals surface area contributed by atoms with Gasteiger partial charge in [-0.25, -0.2) is 0 Å². The fourth-order valence-electron chi connectivity index (χ4n) is 3.77. The van der Waals surface area contributed by atoms with Crippen LogP contribution in [0.4, 0.5) is 0 Å². The molecule has 4 heteroatoms. The van der Waals surface area contributed by atoms with E-state index in [1.165, 1.54) is 0 Å². The van der Waals surface area contributed by atoms with Crippen LogP contribution in [0, 0.1) is 11.3 Å². The Bertz CT molecular complexity index is 594. The molecule has 0 spiro atoms. The average Bonchev–Trinajstić information content (AvgIpc) is 2.60. The third-order valence-electron chi connectivity index (χ3n) is 4.91. The number of hydrogen-bond acceptors (Lipinski definition) is 4. The monoisotopic (exact) mass is 287 g/mol. The van der Waals surface area contributed by atoms with Crippen molar-refractivity contribution < 1.29 is 14.6 Å². The van der Waals surface area contributed by atoms with E-state index < -0.39 is 11.2 Å². The van der Waals surface area contributed by atoms with Gasteiger partial charge < -0.3 is 14.6 Å². The Morgan fingerprint density at radius 3 is 2.95 bits per heavy atom. The zero-order chi connectivity index (χ0) is 15.1. The maximum atomic E-state index is 11.1. The summed E-state index contributed by atoms with van der Waals surface area (Å²) < 4.78 is 11.2. The summed E-state index contributed by atoms with van der Waals surface area (Å²) in [6, 6.07) is 8.17. The largest absolute Gasteiger partial charge is 0.497 e. The smallest absolute Gasteiger partial charge is 0.188 e. The molecule has 1 aliphatic heterocycles. The molecule has 1 heterocycles. The molecule has 1 aliphatic carbocycles. The SMILES string of the molecule is COc1ccc2c(c1)CCCC1(O)OC(C)CCC21C#N. The zero-order valence-corrected chi connectivity index (χ0v) is 12.6. The van der Waals surface area contributed by atoms with Gasteiger partial charge in [0.25, 0.3) is 0 Å². The fraction of sp³-hybridized carbons (Fsp3) is 0.588. The van der Waals surface area contributed by atoms with Gasteiger partial charge in [0, 0.05) is 6.42 Å². The summed E-state index contributed by atoms with van der Waals surface area (Å²) in [5, 5.41) is 21.0. The number of rotatable bonds is 1. The van der Waals surface area contributed by atoms with E-state index in [4.69, 9.17) is 9.47 Å². The first-order chi connectivity index (χ1) is 10.0. The molecule has 0 bridgehead atoms. The number of ether oxygens (including phenoxy) is 2. The lowest BCUT2D eigenvalue weighted by Crippen LogP contribution is -2.57. The van der Waals surface area contributed by atoms with Crippen molar-refractivity contribution in [3.8, 4) is 11.8 Å². The minimum absolute atomic E-state index is 0.0173. The van der Waals surface area contributed by atoms with Crippen molar-refractivity contribution in [1.29, 1.82) is 5.26 Å². The molecule has 1 N–H and O–H groups in total. The Morgan fingerprint density at radius 2 is 2.24 bits per heavy atom. The normalized spacial score (nSPS) is 35.0. The van der Waals surface area contributed by atoms with Crippen LogP contribution in [0.25, 0.3) is 0 Å². The van der Waals surface area contributed by atoms with Gasteiger partial charge in [-0.2, -0.15) is 5.26 Å². The van der Waals surface area contributed by atoms with E-state index >= 15 is 0 Å². The standard InChI is InChI=1S/C17H21NO3/c1-12-7-9-16(11-18)15-6-5-14(20-2)10-13(15)4-3-8-17(16,19)21-12/h5-6,10,12,19H,3-4,7-9H2,1-2H3. The van der Waals surface area contributed by atoms with Gasteiger partial charge in [-0.15, -0.1) is 0 Å². The summed E-state index contributed by atoms with van der Waals surface area (Å²) >= 11 is 0. The van der Waals surface area contributed by atoms with E-state index in [9.17, 15) is 10.4 Å². The zero-order valence-electron chi connectivity index (χ0n) is 12.6. The molecule has 0 saturated carbocycles. The van der Waals surface area contributed by atoms with Crippen LogP contribution in [0.5, 0.6) is 5.75 Å². The third kappa shape index (κ3) is 2.04. The van der Waals surface area contributed by atoms with Crippen LogP contribution in [-0.4, -0.2) is 24.1 Å². The first-order valence-corrected chi connectivity index (χ1v) is 7.53. The molecular weight excluding hydrogens is 266 g/mol. The number of methoxy groups -OCH3 is 1. The van der Waals surface area contributed by atoms with Gasteiger partial charge in [0.1, 0.15) is 11.2 Å². The topological polar surface area (TPSA) is 62.5 Å². The van der Waals surface area contributed by atoms with Crippen molar-refractivity contribution in [3.05, 3.63) is 29.3 Å². The summed E-state index contributed by atoms with van der Waals surface area (Å²) in [6.07, 6.45) is 3.50. The van der Waals surface area contributed by atoms with Gasteiger partial charge in [0.15, 0.2) is 5.79 Å². The van der Waals surface area contributed by atoms with Gasteiger partial charge in [-0.1, -0.05) is 6.07 Å². The van der Waals surface area contributed by atoms with Crippen LogP contribution < -0.4 is 4.74 Å². The van der Waals surface area contributed by atoms with E-state index in [-0.39, 0.29) is 6.10 Å². The van der Waals surface area contributed by atoms with E-state index in [1.54, 1.807) is 7.11 Å². The number of benzene rings is 1. The third-order valence-corrected chi connectivity index (χ3v) is 4.91. The molecule has 4 nitrogen and oxygen atoms in total. The first-order valence-electron chi connectivity index (χ1n) is 7.53. The minimum Gasteiger partial charge on any atom is -0.497 e. The highest BCUT2D eigenvalue weighted by Gasteiger charge is 2.57. The summed E-state index contributed by atoms with van der Waals surface area (Å²) in [7, 11) is 1.64. The van der Waals surface area contributed by atoms with Crippen LogP contribution in [-0.2, 0) is 16.6 Å². The van der Waals surface area contributed by atoms with Gasteiger partial charge in [0.05, 0.1) is 19.3 Å². The van der Waals surface area contributed by atoms with Crippen LogP contribution in [0.2, 0.25) is 0 Å². The Kier molecular flexibility index (Phi) is 3.43. The number of aliphatic hydroxyl groups is 1. The lowest BCUT2D eigenvalue weighted by Gasteiger charge is -2.47. The lowest BCUT2D eigenvalue weighted by atomic mass is 9.68. The number of nitrogens with zero attached hydrogens (tertiary/aromatic N) is 1. The van der Waals surface area contributed by atoms with E-state index in [2.05, 4.69) is 6.07 Å². The maximum Gasteiger partial charge on any atom is 0.188 e. The van der Waals surface area contributed by atoms with Crippen molar-refractivity contribution in [3.63, 3.8) is 0 Å². The Labute approximate surface area is 125 Å². The van der Waals surface area contributed by atoms with Gasteiger partial charge >= 0.3 is 0 Å². The number of hydrogen-bond donors (Lipinski definition) is 1. The molecule has 21 heavy (non-hydrogen) atoms. The highest BCUT2D eigenvalue weighted by molar-refractivity contribution is 5.47. The predicted molar refractivity (Wildman–Crippen MR) is 78.0 cm³/mol. The molecule has 2 aliphatic rings. The highest BCUT2D eigenvalue weighted by Crippen LogP contribution is 2.50. The second kappa shape index (κ2) is 5.01. The van der Waals surface area contributed by atoms with E-state index in [1.807, 2.05) is 25.1 Å². The van der Waals surface area contributed by atoms with Crippen molar-refractivity contribution >= 4 is 0 Å². The van der Waals surface area contributed by atoms with E-state index in [0.717, 1.165) is 36.1 Å². The van der Waals surface area contributed by atoms with E-state index in [0.29, 0.717) is 12.8 Å². The summed E-state index contributed by atoms with van der Waals surface area (Å²) in [6.45, 7) is 1.96. The molecule has 1 aromatic rings. The molecule has 112 valence electrons.